The fraction of sp³-hybridized carbons (Fsp3) is 0.0714. The van der Waals surface area contributed by atoms with Crippen LogP contribution in [0.1, 0.15) is 16.1 Å². The molecule has 6 nitrogen and oxygen atoms in total. The summed E-state index contributed by atoms with van der Waals surface area (Å²) in [5.41, 5.74) is 2.24. The van der Waals surface area contributed by atoms with Crippen molar-refractivity contribution in [1.82, 2.24) is 20.0 Å². The maximum atomic E-state index is 12.2. The van der Waals surface area contributed by atoms with Crippen LogP contribution in [-0.4, -0.2) is 25.9 Å². The van der Waals surface area contributed by atoms with E-state index in [1.54, 1.807) is 12.4 Å². The third-order valence-electron chi connectivity index (χ3n) is 2.95. The van der Waals surface area contributed by atoms with Crippen molar-refractivity contribution in [2.24, 2.45) is 0 Å². The number of halogens is 2. The van der Waals surface area contributed by atoms with E-state index in [1.807, 2.05) is 35.1 Å². The van der Waals surface area contributed by atoms with Crippen LogP contribution in [0, 0.1) is 3.57 Å². The first-order valence-electron chi connectivity index (χ1n) is 6.39. The van der Waals surface area contributed by atoms with Crippen molar-refractivity contribution in [2.45, 2.75) is 6.54 Å². The number of hydrogen-bond donors (Lipinski definition) is 2. The smallest absolute Gasteiger partial charge is 0.274 e. The minimum atomic E-state index is -0.208. The van der Waals surface area contributed by atoms with Crippen molar-refractivity contribution in [1.29, 1.82) is 0 Å². The molecule has 3 aromatic rings. The lowest BCUT2D eigenvalue weighted by molar-refractivity contribution is 0.102. The first-order chi connectivity index (χ1) is 10.6. The van der Waals surface area contributed by atoms with E-state index in [0.717, 1.165) is 19.3 Å². The van der Waals surface area contributed by atoms with Crippen LogP contribution < -0.4 is 5.32 Å². The largest absolute Gasteiger partial charge is 0.321 e. The third-order valence-corrected chi connectivity index (χ3v) is 4.18. The Kier molecular flexibility index (Phi) is 4.57. The van der Waals surface area contributed by atoms with E-state index in [0.29, 0.717) is 12.2 Å². The van der Waals surface area contributed by atoms with Gasteiger partial charge in [0.15, 0.2) is 0 Å². The molecule has 0 saturated carbocycles. The fourth-order valence-corrected chi connectivity index (χ4v) is 2.82. The molecule has 3 rings (SSSR count). The van der Waals surface area contributed by atoms with E-state index in [1.165, 1.54) is 0 Å². The van der Waals surface area contributed by atoms with Gasteiger partial charge in [0.2, 0.25) is 0 Å². The normalized spacial score (nSPS) is 10.6. The Balaban J connectivity index is 1.74. The van der Waals surface area contributed by atoms with Gasteiger partial charge in [-0.25, -0.2) is 0 Å². The molecule has 0 spiro atoms. The number of rotatable bonds is 4. The number of carbonyl (C=O) groups excluding carboxylic acids is 1. The number of benzene rings is 1. The second-order valence-corrected chi connectivity index (χ2v) is 6.68. The van der Waals surface area contributed by atoms with Crippen LogP contribution in [0.3, 0.4) is 0 Å². The van der Waals surface area contributed by atoms with E-state index >= 15 is 0 Å². The highest BCUT2D eigenvalue weighted by Gasteiger charge is 2.12. The van der Waals surface area contributed by atoms with Crippen molar-refractivity contribution in [3.63, 3.8) is 0 Å². The molecule has 1 aromatic carbocycles. The molecule has 2 N–H and O–H groups in total. The number of H-pyrrole nitrogens is 1. The van der Waals surface area contributed by atoms with Gasteiger partial charge in [0.25, 0.3) is 5.91 Å². The summed E-state index contributed by atoms with van der Waals surface area (Å²) < 4.78 is 3.54. The van der Waals surface area contributed by atoms with Crippen molar-refractivity contribution < 1.29 is 4.79 Å². The van der Waals surface area contributed by atoms with Crippen molar-refractivity contribution >= 4 is 50.1 Å². The summed E-state index contributed by atoms with van der Waals surface area (Å²) in [5.74, 6) is -0.208. The van der Waals surface area contributed by atoms with Crippen LogP contribution in [0.4, 0.5) is 5.69 Å². The average Bonchev–Trinajstić information content (AvgIpc) is 3.08. The Hall–Kier alpha value is -1.68. The number of aromatic amines is 1. The molecule has 0 fully saturated rings. The molecule has 8 heteroatoms. The number of hydrogen-bond acceptors (Lipinski definition) is 3. The van der Waals surface area contributed by atoms with Crippen molar-refractivity contribution in [3.8, 4) is 0 Å². The Labute approximate surface area is 148 Å². The van der Waals surface area contributed by atoms with Crippen LogP contribution >= 0.6 is 38.5 Å². The van der Waals surface area contributed by atoms with Crippen molar-refractivity contribution in [3.05, 3.63) is 62.2 Å². The zero-order valence-corrected chi connectivity index (χ0v) is 15.0. The van der Waals surface area contributed by atoms with Crippen LogP contribution in [0.25, 0.3) is 0 Å². The third kappa shape index (κ3) is 3.55. The van der Waals surface area contributed by atoms with Gasteiger partial charge < -0.3 is 5.32 Å². The summed E-state index contributed by atoms with van der Waals surface area (Å²) in [6, 6.07) is 7.67. The zero-order chi connectivity index (χ0) is 15.5. The predicted molar refractivity (Wildman–Crippen MR) is 94.7 cm³/mol. The highest BCUT2D eigenvalue weighted by Crippen LogP contribution is 2.15. The molecule has 22 heavy (non-hydrogen) atoms. The molecule has 112 valence electrons. The fourth-order valence-electron chi connectivity index (χ4n) is 1.98. The van der Waals surface area contributed by atoms with Crippen LogP contribution in [-0.2, 0) is 6.54 Å². The number of aromatic nitrogens is 4. The molecule has 0 aliphatic carbocycles. The lowest BCUT2D eigenvalue weighted by Gasteiger charge is -2.07. The van der Waals surface area contributed by atoms with Gasteiger partial charge >= 0.3 is 0 Å². The Morgan fingerprint density at radius 2 is 2.27 bits per heavy atom. The Bertz CT molecular complexity index is 813. The highest BCUT2D eigenvalue weighted by atomic mass is 127. The molecular weight excluding hydrogens is 461 g/mol. The first kappa shape index (κ1) is 15.2. The molecule has 0 aliphatic rings. The summed E-state index contributed by atoms with van der Waals surface area (Å²) >= 11 is 5.44. The summed E-state index contributed by atoms with van der Waals surface area (Å²) in [6.45, 7) is 0.636. The molecule has 0 radical (unpaired) electrons. The number of anilines is 1. The van der Waals surface area contributed by atoms with Gasteiger partial charge in [-0.1, -0.05) is 12.1 Å². The molecule has 0 aliphatic heterocycles. The monoisotopic (exact) mass is 471 g/mol. The lowest BCUT2D eigenvalue weighted by atomic mass is 10.2. The molecule has 0 bridgehead atoms. The van der Waals surface area contributed by atoms with Gasteiger partial charge in [0.05, 0.1) is 27.0 Å². The van der Waals surface area contributed by atoms with E-state index in [-0.39, 0.29) is 5.91 Å². The highest BCUT2D eigenvalue weighted by molar-refractivity contribution is 14.1. The maximum absolute atomic E-state index is 12.2. The van der Waals surface area contributed by atoms with Crippen molar-refractivity contribution in [2.75, 3.05) is 5.32 Å². The summed E-state index contributed by atoms with van der Waals surface area (Å²) in [4.78, 5) is 12.2. The maximum Gasteiger partial charge on any atom is 0.274 e. The SMILES string of the molecule is O=C(Nc1cccc(Cn2cc(Br)cn2)c1)c1[nH]ncc1I. The van der Waals surface area contributed by atoms with E-state index in [4.69, 9.17) is 0 Å². The molecule has 0 atom stereocenters. The molecule has 2 aromatic heterocycles. The van der Waals surface area contributed by atoms with Gasteiger partial charge in [-0.15, -0.1) is 0 Å². The number of carbonyl (C=O) groups is 1. The second kappa shape index (κ2) is 6.61. The predicted octanol–water partition coefficient (Wildman–Crippen LogP) is 3.27. The van der Waals surface area contributed by atoms with Crippen LogP contribution in [0.5, 0.6) is 0 Å². The number of nitrogens with one attached hydrogen (secondary N) is 2. The second-order valence-electron chi connectivity index (χ2n) is 4.60. The van der Waals surface area contributed by atoms with Gasteiger partial charge in [0, 0.05) is 11.9 Å². The molecule has 0 saturated heterocycles. The zero-order valence-electron chi connectivity index (χ0n) is 11.3. The topological polar surface area (TPSA) is 75.6 Å². The van der Waals surface area contributed by atoms with Gasteiger partial charge in [-0.3, -0.25) is 14.6 Å². The first-order valence-corrected chi connectivity index (χ1v) is 8.26. The molecule has 1 amide bonds. The number of nitrogens with zero attached hydrogens (tertiary/aromatic N) is 3. The van der Waals surface area contributed by atoms with E-state index < -0.39 is 0 Å². The van der Waals surface area contributed by atoms with Crippen LogP contribution in [0.2, 0.25) is 0 Å². The molecule has 0 unspecified atom stereocenters. The number of amides is 1. The lowest BCUT2D eigenvalue weighted by Crippen LogP contribution is -2.14. The minimum absolute atomic E-state index is 0.208. The standard InChI is InChI=1S/C14H11BrIN5O/c15-10-5-18-21(8-10)7-9-2-1-3-11(4-9)19-14(22)13-12(16)6-17-20-13/h1-6,8H,7H2,(H,17,20)(H,19,22). The van der Waals surface area contributed by atoms with Gasteiger partial charge in [-0.05, 0) is 56.2 Å². The van der Waals surface area contributed by atoms with Crippen LogP contribution in [0.15, 0.2) is 47.3 Å². The molecule has 2 heterocycles. The minimum Gasteiger partial charge on any atom is -0.321 e. The Morgan fingerprint density at radius 3 is 2.95 bits per heavy atom. The van der Waals surface area contributed by atoms with Gasteiger partial charge in [0.1, 0.15) is 5.69 Å². The molecular formula is C14H11BrIN5O. The van der Waals surface area contributed by atoms with Gasteiger partial charge in [-0.2, -0.15) is 10.2 Å². The van der Waals surface area contributed by atoms with E-state index in [2.05, 4.69) is 59.1 Å². The Morgan fingerprint density at radius 1 is 1.41 bits per heavy atom. The summed E-state index contributed by atoms with van der Waals surface area (Å²) in [6.07, 6.45) is 5.26. The average molecular weight is 472 g/mol. The quantitative estimate of drug-likeness (QED) is 0.573. The summed E-state index contributed by atoms with van der Waals surface area (Å²) in [5, 5.41) is 13.6. The summed E-state index contributed by atoms with van der Waals surface area (Å²) in [7, 11) is 0. The van der Waals surface area contributed by atoms with E-state index in [9.17, 15) is 4.79 Å².